The number of nitrogens with one attached hydrogen (secondary N) is 1. The summed E-state index contributed by atoms with van der Waals surface area (Å²) in [5, 5.41) is 7.33. The molecule has 1 atom stereocenters. The van der Waals surface area contributed by atoms with Gasteiger partial charge in [0.15, 0.2) is 5.82 Å². The molecule has 4 nitrogen and oxygen atoms in total. The highest BCUT2D eigenvalue weighted by Gasteiger charge is 2.12. The van der Waals surface area contributed by atoms with E-state index in [2.05, 4.69) is 29.3 Å². The number of aromatic nitrogens is 2. The monoisotopic (exact) mass is 211 g/mol. The van der Waals surface area contributed by atoms with Crippen LogP contribution < -0.4 is 5.32 Å². The van der Waals surface area contributed by atoms with Crippen LogP contribution in [0.3, 0.4) is 0 Å². The Balaban J connectivity index is 2.48. The lowest BCUT2D eigenvalue weighted by molar-refractivity contribution is 0.348. The molecule has 1 rings (SSSR count). The molecular formula is C11H21N3O. The Morgan fingerprint density at radius 1 is 1.33 bits per heavy atom. The van der Waals surface area contributed by atoms with Crippen LogP contribution in [0.25, 0.3) is 0 Å². The second-order valence-corrected chi connectivity index (χ2v) is 3.71. The zero-order valence-corrected chi connectivity index (χ0v) is 9.92. The van der Waals surface area contributed by atoms with Gasteiger partial charge in [-0.3, -0.25) is 0 Å². The van der Waals surface area contributed by atoms with Crippen molar-refractivity contribution in [2.75, 3.05) is 6.54 Å². The minimum absolute atomic E-state index is 0.463. The molecule has 0 amide bonds. The molecule has 1 aromatic rings. The average molecular weight is 211 g/mol. The highest BCUT2D eigenvalue weighted by Crippen LogP contribution is 2.06. The van der Waals surface area contributed by atoms with Crippen LogP contribution >= 0.6 is 0 Å². The molecule has 0 aliphatic heterocycles. The Bertz CT molecular complexity index is 267. The third kappa shape index (κ3) is 4.00. The van der Waals surface area contributed by atoms with E-state index in [-0.39, 0.29) is 0 Å². The number of aryl methyl sites for hydroxylation is 1. The smallest absolute Gasteiger partial charge is 0.228 e. The zero-order valence-electron chi connectivity index (χ0n) is 9.92. The van der Waals surface area contributed by atoms with Crippen molar-refractivity contribution in [2.45, 2.75) is 52.5 Å². The van der Waals surface area contributed by atoms with Gasteiger partial charge in [0.1, 0.15) is 0 Å². The molecule has 1 unspecified atom stereocenters. The predicted molar refractivity (Wildman–Crippen MR) is 59.8 cm³/mol. The van der Waals surface area contributed by atoms with Crippen LogP contribution in [0.1, 0.15) is 45.3 Å². The van der Waals surface area contributed by atoms with E-state index >= 15 is 0 Å². The van der Waals surface area contributed by atoms with E-state index in [9.17, 15) is 0 Å². The van der Waals surface area contributed by atoms with E-state index in [1.165, 1.54) is 6.42 Å². The Morgan fingerprint density at radius 2 is 2.13 bits per heavy atom. The molecule has 1 aromatic heterocycles. The largest absolute Gasteiger partial charge is 0.339 e. The zero-order chi connectivity index (χ0) is 11.1. The first kappa shape index (κ1) is 12.2. The van der Waals surface area contributed by atoms with Gasteiger partial charge in [-0.1, -0.05) is 32.3 Å². The molecule has 0 aliphatic rings. The van der Waals surface area contributed by atoms with Crippen molar-refractivity contribution in [2.24, 2.45) is 0 Å². The fourth-order valence-corrected chi connectivity index (χ4v) is 1.64. The summed E-state index contributed by atoms with van der Waals surface area (Å²) in [6.45, 7) is 7.32. The topological polar surface area (TPSA) is 51.0 Å². The Labute approximate surface area is 91.5 Å². The van der Waals surface area contributed by atoms with Crippen molar-refractivity contribution in [1.29, 1.82) is 0 Å². The Hall–Kier alpha value is -0.900. The first-order valence-corrected chi connectivity index (χ1v) is 5.84. The molecule has 0 saturated carbocycles. The fourth-order valence-electron chi connectivity index (χ4n) is 1.64. The SMILES string of the molecule is CCCC(Cc1nc(CC)no1)NCC. The van der Waals surface area contributed by atoms with Gasteiger partial charge in [0.25, 0.3) is 0 Å². The van der Waals surface area contributed by atoms with Crippen molar-refractivity contribution >= 4 is 0 Å². The van der Waals surface area contributed by atoms with Crippen molar-refractivity contribution in [1.82, 2.24) is 15.5 Å². The molecule has 0 fully saturated rings. The van der Waals surface area contributed by atoms with Crippen molar-refractivity contribution in [3.63, 3.8) is 0 Å². The highest BCUT2D eigenvalue weighted by molar-refractivity contribution is 4.89. The van der Waals surface area contributed by atoms with Gasteiger partial charge >= 0.3 is 0 Å². The lowest BCUT2D eigenvalue weighted by Gasteiger charge is -2.14. The van der Waals surface area contributed by atoms with E-state index in [0.29, 0.717) is 6.04 Å². The van der Waals surface area contributed by atoms with Crippen LogP contribution in [0.4, 0.5) is 0 Å². The summed E-state index contributed by atoms with van der Waals surface area (Å²) in [5.74, 6) is 1.56. The van der Waals surface area contributed by atoms with E-state index in [4.69, 9.17) is 4.52 Å². The van der Waals surface area contributed by atoms with Crippen molar-refractivity contribution in [3.05, 3.63) is 11.7 Å². The molecule has 4 heteroatoms. The van der Waals surface area contributed by atoms with Gasteiger partial charge in [0.05, 0.1) is 0 Å². The number of nitrogens with zero attached hydrogens (tertiary/aromatic N) is 2. The maximum atomic E-state index is 5.18. The minimum atomic E-state index is 0.463. The van der Waals surface area contributed by atoms with E-state index in [0.717, 1.165) is 37.5 Å². The molecule has 0 bridgehead atoms. The molecule has 1 N–H and O–H groups in total. The normalized spacial score (nSPS) is 13.0. The summed E-state index contributed by atoms with van der Waals surface area (Å²) in [5.41, 5.74) is 0. The van der Waals surface area contributed by atoms with Gasteiger partial charge in [-0.15, -0.1) is 0 Å². The number of hydrogen-bond acceptors (Lipinski definition) is 4. The van der Waals surface area contributed by atoms with Gasteiger partial charge in [-0.2, -0.15) is 4.98 Å². The lowest BCUT2D eigenvalue weighted by atomic mass is 10.1. The summed E-state index contributed by atoms with van der Waals surface area (Å²) in [4.78, 5) is 4.32. The van der Waals surface area contributed by atoms with Gasteiger partial charge in [0, 0.05) is 18.9 Å². The summed E-state index contributed by atoms with van der Waals surface area (Å²) in [6.07, 6.45) is 4.00. The lowest BCUT2D eigenvalue weighted by Crippen LogP contribution is -2.30. The number of rotatable bonds is 7. The molecule has 0 spiro atoms. The van der Waals surface area contributed by atoms with Crippen LogP contribution in [0.2, 0.25) is 0 Å². The van der Waals surface area contributed by atoms with Gasteiger partial charge in [-0.05, 0) is 13.0 Å². The molecule has 0 aliphatic carbocycles. The van der Waals surface area contributed by atoms with Crippen LogP contribution in [0, 0.1) is 0 Å². The van der Waals surface area contributed by atoms with Crippen LogP contribution in [-0.4, -0.2) is 22.7 Å². The average Bonchev–Trinajstić information content (AvgIpc) is 2.66. The van der Waals surface area contributed by atoms with E-state index < -0.39 is 0 Å². The van der Waals surface area contributed by atoms with E-state index in [1.807, 2.05) is 6.92 Å². The number of hydrogen-bond donors (Lipinski definition) is 1. The fraction of sp³-hybridized carbons (Fsp3) is 0.818. The maximum Gasteiger partial charge on any atom is 0.228 e. The first-order valence-electron chi connectivity index (χ1n) is 5.84. The van der Waals surface area contributed by atoms with E-state index in [1.54, 1.807) is 0 Å². The van der Waals surface area contributed by atoms with Crippen molar-refractivity contribution < 1.29 is 4.52 Å². The summed E-state index contributed by atoms with van der Waals surface area (Å²) in [7, 11) is 0. The quantitative estimate of drug-likeness (QED) is 0.749. The van der Waals surface area contributed by atoms with Crippen LogP contribution in [0.15, 0.2) is 4.52 Å². The second-order valence-electron chi connectivity index (χ2n) is 3.71. The molecule has 0 saturated heterocycles. The van der Waals surface area contributed by atoms with Crippen molar-refractivity contribution in [3.8, 4) is 0 Å². The molecule has 0 aromatic carbocycles. The molecule has 15 heavy (non-hydrogen) atoms. The molecular weight excluding hydrogens is 190 g/mol. The Morgan fingerprint density at radius 3 is 2.67 bits per heavy atom. The van der Waals surface area contributed by atoms with Gasteiger partial charge in [-0.25, -0.2) is 0 Å². The maximum absolute atomic E-state index is 5.18. The van der Waals surface area contributed by atoms with Gasteiger partial charge < -0.3 is 9.84 Å². The molecule has 0 radical (unpaired) electrons. The Kier molecular flexibility index (Phi) is 5.32. The third-order valence-corrected chi connectivity index (χ3v) is 2.38. The standard InChI is InChI=1S/C11H21N3O/c1-4-7-9(12-6-3)8-11-13-10(5-2)14-15-11/h9,12H,4-8H2,1-3H3. The number of likely N-dealkylation sites (N-methyl/N-ethyl adjacent to an activating group) is 1. The first-order chi connectivity index (χ1) is 7.30. The third-order valence-electron chi connectivity index (χ3n) is 2.38. The predicted octanol–water partition coefficient (Wildman–Crippen LogP) is 1.95. The van der Waals surface area contributed by atoms with Crippen LogP contribution in [-0.2, 0) is 12.8 Å². The summed E-state index contributed by atoms with van der Waals surface area (Å²) < 4.78 is 5.18. The molecule has 86 valence electrons. The van der Waals surface area contributed by atoms with Crippen LogP contribution in [0.5, 0.6) is 0 Å². The highest BCUT2D eigenvalue weighted by atomic mass is 16.5. The minimum Gasteiger partial charge on any atom is -0.339 e. The van der Waals surface area contributed by atoms with Gasteiger partial charge in [0.2, 0.25) is 5.89 Å². The molecule has 1 heterocycles. The summed E-state index contributed by atoms with van der Waals surface area (Å²) in [6, 6.07) is 0.463. The summed E-state index contributed by atoms with van der Waals surface area (Å²) >= 11 is 0. The second kappa shape index (κ2) is 6.56.